The predicted octanol–water partition coefficient (Wildman–Crippen LogP) is 1.65. The van der Waals surface area contributed by atoms with Gasteiger partial charge in [-0.05, 0) is 44.1 Å². The second-order valence-electron chi connectivity index (χ2n) is 4.02. The maximum absolute atomic E-state index is 11.7. The highest BCUT2D eigenvalue weighted by atomic mass is 16.1. The highest BCUT2D eigenvalue weighted by Gasteiger charge is 2.11. The van der Waals surface area contributed by atoms with Gasteiger partial charge in [0.25, 0.3) is 0 Å². The minimum atomic E-state index is 0.0973. The molecule has 17 heavy (non-hydrogen) atoms. The summed E-state index contributed by atoms with van der Waals surface area (Å²) in [5.74, 6) is 0.115. The quantitative estimate of drug-likeness (QED) is 0.707. The Balaban J connectivity index is 2.44. The van der Waals surface area contributed by atoms with Crippen LogP contribution in [0.3, 0.4) is 0 Å². The molecular formula is C13H21N3O. The van der Waals surface area contributed by atoms with Crippen LogP contribution in [-0.2, 0) is 4.79 Å². The molecule has 1 unspecified atom stereocenters. The molecule has 1 aromatic heterocycles. The first-order valence-electron chi connectivity index (χ1n) is 6.11. The predicted molar refractivity (Wildman–Crippen MR) is 68.6 cm³/mol. The van der Waals surface area contributed by atoms with Gasteiger partial charge in [0.05, 0.1) is 6.04 Å². The molecule has 0 spiro atoms. The maximum atomic E-state index is 11.7. The van der Waals surface area contributed by atoms with E-state index in [0.29, 0.717) is 6.42 Å². The van der Waals surface area contributed by atoms with Crippen molar-refractivity contribution in [1.82, 2.24) is 15.6 Å². The van der Waals surface area contributed by atoms with E-state index in [1.54, 1.807) is 12.4 Å². The van der Waals surface area contributed by atoms with E-state index in [4.69, 9.17) is 0 Å². The van der Waals surface area contributed by atoms with Crippen molar-refractivity contribution in [3.63, 3.8) is 0 Å². The smallest absolute Gasteiger partial charge is 0.220 e. The molecule has 1 atom stereocenters. The van der Waals surface area contributed by atoms with Gasteiger partial charge in [-0.3, -0.25) is 9.78 Å². The molecule has 1 aromatic rings. The number of hydrogen-bond acceptors (Lipinski definition) is 3. The lowest BCUT2D eigenvalue weighted by atomic mass is 10.1. The summed E-state index contributed by atoms with van der Waals surface area (Å²) < 4.78 is 0. The number of carbonyl (C=O) groups is 1. The number of amides is 1. The van der Waals surface area contributed by atoms with Crippen molar-refractivity contribution in [2.24, 2.45) is 0 Å². The third-order valence-corrected chi connectivity index (χ3v) is 2.68. The summed E-state index contributed by atoms with van der Waals surface area (Å²) in [4.78, 5) is 15.7. The zero-order valence-electron chi connectivity index (χ0n) is 10.6. The Labute approximate surface area is 103 Å². The van der Waals surface area contributed by atoms with Crippen LogP contribution < -0.4 is 10.6 Å². The molecule has 0 aliphatic carbocycles. The molecule has 0 radical (unpaired) electrons. The van der Waals surface area contributed by atoms with Gasteiger partial charge >= 0.3 is 0 Å². The Morgan fingerprint density at radius 2 is 2.12 bits per heavy atom. The molecule has 0 saturated heterocycles. The van der Waals surface area contributed by atoms with Crippen LogP contribution in [0, 0.1) is 0 Å². The van der Waals surface area contributed by atoms with Gasteiger partial charge in [0, 0.05) is 18.8 Å². The normalized spacial score (nSPS) is 12.1. The average Bonchev–Trinajstić information content (AvgIpc) is 2.37. The van der Waals surface area contributed by atoms with Gasteiger partial charge in [0.1, 0.15) is 0 Å². The SMILES string of the molecule is CCC(NC(=O)CCCNC)c1ccncc1. The second-order valence-corrected chi connectivity index (χ2v) is 4.02. The molecule has 2 N–H and O–H groups in total. The van der Waals surface area contributed by atoms with Crippen LogP contribution in [0.2, 0.25) is 0 Å². The summed E-state index contributed by atoms with van der Waals surface area (Å²) in [6.07, 6.45) is 5.84. The maximum Gasteiger partial charge on any atom is 0.220 e. The van der Waals surface area contributed by atoms with Crippen molar-refractivity contribution in [3.05, 3.63) is 30.1 Å². The van der Waals surface area contributed by atoms with E-state index in [0.717, 1.165) is 24.9 Å². The van der Waals surface area contributed by atoms with Crippen LogP contribution >= 0.6 is 0 Å². The molecule has 0 aliphatic rings. The molecule has 0 bridgehead atoms. The average molecular weight is 235 g/mol. The summed E-state index contributed by atoms with van der Waals surface area (Å²) in [6, 6.07) is 3.99. The van der Waals surface area contributed by atoms with Crippen molar-refractivity contribution >= 4 is 5.91 Å². The molecule has 0 aliphatic heterocycles. The van der Waals surface area contributed by atoms with E-state index in [1.165, 1.54) is 0 Å². The third-order valence-electron chi connectivity index (χ3n) is 2.68. The van der Waals surface area contributed by atoms with Crippen LogP contribution in [0.15, 0.2) is 24.5 Å². The highest BCUT2D eigenvalue weighted by Crippen LogP contribution is 2.15. The highest BCUT2D eigenvalue weighted by molar-refractivity contribution is 5.76. The molecule has 1 amide bonds. The number of nitrogens with one attached hydrogen (secondary N) is 2. The first-order chi connectivity index (χ1) is 8.27. The number of nitrogens with zero attached hydrogens (tertiary/aromatic N) is 1. The van der Waals surface area contributed by atoms with Gasteiger partial charge in [-0.1, -0.05) is 6.92 Å². The van der Waals surface area contributed by atoms with Crippen molar-refractivity contribution in [1.29, 1.82) is 0 Å². The number of pyridine rings is 1. The van der Waals surface area contributed by atoms with E-state index in [1.807, 2.05) is 19.2 Å². The van der Waals surface area contributed by atoms with Crippen molar-refractivity contribution in [2.45, 2.75) is 32.2 Å². The number of carbonyl (C=O) groups excluding carboxylic acids is 1. The molecule has 4 heteroatoms. The van der Waals surface area contributed by atoms with Crippen LogP contribution in [0.4, 0.5) is 0 Å². The fraction of sp³-hybridized carbons (Fsp3) is 0.538. The van der Waals surface area contributed by atoms with Gasteiger partial charge in [0.15, 0.2) is 0 Å². The van der Waals surface area contributed by atoms with Gasteiger partial charge < -0.3 is 10.6 Å². The summed E-state index contributed by atoms with van der Waals surface area (Å²) >= 11 is 0. The Hall–Kier alpha value is -1.42. The topological polar surface area (TPSA) is 54.0 Å². The molecule has 1 heterocycles. The zero-order valence-corrected chi connectivity index (χ0v) is 10.6. The Bertz CT molecular complexity index is 327. The lowest BCUT2D eigenvalue weighted by Crippen LogP contribution is -2.28. The van der Waals surface area contributed by atoms with Crippen molar-refractivity contribution < 1.29 is 4.79 Å². The third kappa shape index (κ3) is 4.95. The Kier molecular flexibility index (Phi) is 6.25. The minimum Gasteiger partial charge on any atom is -0.349 e. The number of hydrogen-bond donors (Lipinski definition) is 2. The standard InChI is InChI=1S/C13H21N3O/c1-3-12(11-6-9-15-10-7-11)16-13(17)5-4-8-14-2/h6-7,9-10,12,14H,3-5,8H2,1-2H3,(H,16,17). The summed E-state index contributed by atoms with van der Waals surface area (Å²) in [5, 5.41) is 6.08. The summed E-state index contributed by atoms with van der Waals surface area (Å²) in [5.41, 5.74) is 1.12. The fourth-order valence-electron chi connectivity index (χ4n) is 1.71. The minimum absolute atomic E-state index is 0.0973. The lowest BCUT2D eigenvalue weighted by Gasteiger charge is -2.17. The van der Waals surface area contributed by atoms with E-state index in [2.05, 4.69) is 22.5 Å². The summed E-state index contributed by atoms with van der Waals surface area (Å²) in [7, 11) is 1.89. The zero-order chi connectivity index (χ0) is 12.5. The molecular weight excluding hydrogens is 214 g/mol. The fourth-order valence-corrected chi connectivity index (χ4v) is 1.71. The second kappa shape index (κ2) is 7.79. The van der Waals surface area contributed by atoms with E-state index < -0.39 is 0 Å². The number of aromatic nitrogens is 1. The molecule has 0 aromatic carbocycles. The molecule has 0 saturated carbocycles. The van der Waals surface area contributed by atoms with Crippen LogP contribution in [0.1, 0.15) is 37.8 Å². The van der Waals surface area contributed by atoms with Crippen molar-refractivity contribution in [2.75, 3.05) is 13.6 Å². The molecule has 1 rings (SSSR count). The first kappa shape index (κ1) is 13.6. The first-order valence-corrected chi connectivity index (χ1v) is 6.11. The number of rotatable bonds is 7. The van der Waals surface area contributed by atoms with E-state index in [9.17, 15) is 4.79 Å². The van der Waals surface area contributed by atoms with E-state index >= 15 is 0 Å². The van der Waals surface area contributed by atoms with Gasteiger partial charge in [-0.15, -0.1) is 0 Å². The Morgan fingerprint density at radius 1 is 1.41 bits per heavy atom. The van der Waals surface area contributed by atoms with Crippen LogP contribution in [-0.4, -0.2) is 24.5 Å². The molecule has 4 nitrogen and oxygen atoms in total. The molecule has 94 valence electrons. The van der Waals surface area contributed by atoms with Gasteiger partial charge in [0.2, 0.25) is 5.91 Å². The van der Waals surface area contributed by atoms with Crippen LogP contribution in [0.25, 0.3) is 0 Å². The summed E-state index contributed by atoms with van der Waals surface area (Å²) in [6.45, 7) is 2.94. The van der Waals surface area contributed by atoms with Crippen LogP contribution in [0.5, 0.6) is 0 Å². The van der Waals surface area contributed by atoms with Gasteiger partial charge in [-0.25, -0.2) is 0 Å². The Morgan fingerprint density at radius 3 is 2.71 bits per heavy atom. The molecule has 0 fully saturated rings. The monoisotopic (exact) mass is 235 g/mol. The lowest BCUT2D eigenvalue weighted by molar-refractivity contribution is -0.121. The van der Waals surface area contributed by atoms with Gasteiger partial charge in [-0.2, -0.15) is 0 Å². The largest absolute Gasteiger partial charge is 0.349 e. The van der Waals surface area contributed by atoms with Crippen molar-refractivity contribution in [3.8, 4) is 0 Å². The van der Waals surface area contributed by atoms with E-state index in [-0.39, 0.29) is 11.9 Å².